The molecule has 0 aliphatic carbocycles. The average Bonchev–Trinajstić information content (AvgIpc) is 2.90. The molecule has 0 amide bonds. The minimum absolute atomic E-state index is 0.0888. The molecule has 0 bridgehead atoms. The van der Waals surface area contributed by atoms with E-state index < -0.39 is 0 Å². The SMILES string of the molecule is CC(C)(C)[n+]1cc2ccc3c[n+](C(C)(C)C)cn3n2c1. The lowest BCUT2D eigenvalue weighted by molar-refractivity contribution is -0.755. The molecule has 0 spiro atoms. The maximum Gasteiger partial charge on any atom is 0.287 e. The van der Waals surface area contributed by atoms with E-state index in [2.05, 4.69) is 96.9 Å². The van der Waals surface area contributed by atoms with Crippen LogP contribution >= 0.6 is 0 Å². The van der Waals surface area contributed by atoms with Crippen molar-refractivity contribution in [3.63, 3.8) is 0 Å². The molecule has 20 heavy (non-hydrogen) atoms. The van der Waals surface area contributed by atoms with Crippen LogP contribution in [0.1, 0.15) is 41.5 Å². The van der Waals surface area contributed by atoms with Crippen molar-refractivity contribution < 1.29 is 9.13 Å². The maximum absolute atomic E-state index is 2.25. The summed E-state index contributed by atoms with van der Waals surface area (Å²) in [4.78, 5) is 0. The fraction of sp³-hybridized carbons (Fsp3) is 0.500. The first-order valence-electron chi connectivity index (χ1n) is 7.13. The molecule has 3 rings (SSSR count). The van der Waals surface area contributed by atoms with E-state index in [0.717, 1.165) is 0 Å². The minimum atomic E-state index is 0.0888. The predicted molar refractivity (Wildman–Crippen MR) is 78.7 cm³/mol. The zero-order valence-electron chi connectivity index (χ0n) is 13.3. The van der Waals surface area contributed by atoms with E-state index in [-0.39, 0.29) is 11.1 Å². The van der Waals surface area contributed by atoms with Gasteiger partial charge in [0.05, 0.1) is 0 Å². The van der Waals surface area contributed by atoms with Crippen molar-refractivity contribution in [1.82, 2.24) is 9.03 Å². The van der Waals surface area contributed by atoms with E-state index in [0.29, 0.717) is 0 Å². The highest BCUT2D eigenvalue weighted by Crippen LogP contribution is 2.12. The molecule has 0 N–H and O–H groups in total. The second-order valence-corrected chi connectivity index (χ2v) is 7.52. The Hall–Kier alpha value is -1.84. The van der Waals surface area contributed by atoms with Gasteiger partial charge >= 0.3 is 0 Å². The molecule has 3 aromatic heterocycles. The molecule has 0 aromatic carbocycles. The second kappa shape index (κ2) is 3.84. The minimum Gasteiger partial charge on any atom is -0.228 e. The predicted octanol–water partition coefficient (Wildman–Crippen LogP) is 2.28. The lowest BCUT2D eigenvalue weighted by atomic mass is 10.1. The summed E-state index contributed by atoms with van der Waals surface area (Å²) in [5, 5.41) is 0. The third kappa shape index (κ3) is 1.99. The quantitative estimate of drug-likeness (QED) is 0.558. The van der Waals surface area contributed by atoms with E-state index in [1.165, 1.54) is 11.0 Å². The van der Waals surface area contributed by atoms with Crippen molar-refractivity contribution in [2.24, 2.45) is 0 Å². The van der Waals surface area contributed by atoms with Gasteiger partial charge in [0, 0.05) is 0 Å². The Kier molecular flexibility index (Phi) is 2.53. The van der Waals surface area contributed by atoms with Crippen LogP contribution in [0.4, 0.5) is 0 Å². The fourth-order valence-electron chi connectivity index (χ4n) is 2.34. The van der Waals surface area contributed by atoms with Crippen LogP contribution in [0.25, 0.3) is 11.0 Å². The summed E-state index contributed by atoms with van der Waals surface area (Å²) in [7, 11) is 0. The molecule has 0 saturated carbocycles. The lowest BCUT2D eigenvalue weighted by Crippen LogP contribution is -2.48. The molecule has 0 unspecified atom stereocenters. The van der Waals surface area contributed by atoms with Crippen LogP contribution in [0, 0.1) is 0 Å². The summed E-state index contributed by atoms with van der Waals surface area (Å²) in [6.07, 6.45) is 8.71. The molecule has 0 aliphatic heterocycles. The van der Waals surface area contributed by atoms with E-state index in [1.807, 2.05) is 0 Å². The summed E-state index contributed by atoms with van der Waals surface area (Å²) in [6.45, 7) is 13.3. The number of fused-ring (bicyclic) bond motifs is 3. The Morgan fingerprint density at radius 1 is 0.700 bits per heavy atom. The van der Waals surface area contributed by atoms with Gasteiger partial charge in [0.1, 0.15) is 23.5 Å². The summed E-state index contributed by atoms with van der Waals surface area (Å²) in [5.74, 6) is 0. The van der Waals surface area contributed by atoms with Gasteiger partial charge in [-0.25, -0.2) is 9.13 Å². The number of nitrogens with zero attached hydrogens (tertiary/aromatic N) is 4. The summed E-state index contributed by atoms with van der Waals surface area (Å²) in [6, 6.07) is 4.34. The van der Waals surface area contributed by atoms with Crippen molar-refractivity contribution in [2.75, 3.05) is 0 Å². The first kappa shape index (κ1) is 13.2. The van der Waals surface area contributed by atoms with Crippen molar-refractivity contribution in [3.05, 3.63) is 37.2 Å². The number of aromatic nitrogens is 4. The molecule has 0 atom stereocenters. The molecule has 0 fully saturated rings. The van der Waals surface area contributed by atoms with Crippen LogP contribution < -0.4 is 9.13 Å². The van der Waals surface area contributed by atoms with Crippen LogP contribution in [-0.2, 0) is 11.1 Å². The van der Waals surface area contributed by atoms with E-state index in [9.17, 15) is 0 Å². The Morgan fingerprint density at radius 2 is 1.05 bits per heavy atom. The van der Waals surface area contributed by atoms with E-state index in [1.54, 1.807) is 0 Å². The van der Waals surface area contributed by atoms with Gasteiger partial charge in [-0.05, 0) is 62.7 Å². The van der Waals surface area contributed by atoms with Gasteiger partial charge in [0.15, 0.2) is 0 Å². The van der Waals surface area contributed by atoms with Crippen LogP contribution in [0.2, 0.25) is 0 Å². The molecule has 0 saturated heterocycles. The van der Waals surface area contributed by atoms with Gasteiger partial charge in [-0.15, -0.1) is 0 Å². The zero-order chi connectivity index (χ0) is 14.7. The smallest absolute Gasteiger partial charge is 0.228 e. The Balaban J connectivity index is 2.30. The summed E-state index contributed by atoms with van der Waals surface area (Å²) >= 11 is 0. The number of imidazole rings is 2. The standard InChI is InChI=1S/C16H24N4/c1-15(2,3)17-9-13-7-8-14-10-18(16(4,5)6)12-20(14)19(13)11-17/h7-12H,1-6H3/q+2. The third-order valence-electron chi connectivity index (χ3n) is 3.75. The highest BCUT2D eigenvalue weighted by atomic mass is 15.4. The van der Waals surface area contributed by atoms with Crippen molar-refractivity contribution in [3.8, 4) is 0 Å². The van der Waals surface area contributed by atoms with Crippen LogP contribution in [0.5, 0.6) is 0 Å². The topological polar surface area (TPSA) is 16.6 Å². The molecule has 4 heteroatoms. The molecule has 0 aliphatic rings. The lowest BCUT2D eigenvalue weighted by Gasteiger charge is -2.12. The first-order chi connectivity index (χ1) is 9.16. The van der Waals surface area contributed by atoms with Crippen LogP contribution in [-0.4, -0.2) is 9.03 Å². The molecule has 0 radical (unpaired) electrons. The van der Waals surface area contributed by atoms with Gasteiger partial charge < -0.3 is 0 Å². The van der Waals surface area contributed by atoms with E-state index in [4.69, 9.17) is 0 Å². The molecular formula is C16H24N4+2. The van der Waals surface area contributed by atoms with E-state index >= 15 is 0 Å². The van der Waals surface area contributed by atoms with Crippen LogP contribution in [0.3, 0.4) is 0 Å². The Morgan fingerprint density at radius 3 is 1.35 bits per heavy atom. The van der Waals surface area contributed by atoms with Crippen molar-refractivity contribution >= 4 is 11.0 Å². The molecular weight excluding hydrogens is 248 g/mol. The zero-order valence-corrected chi connectivity index (χ0v) is 13.3. The molecule has 3 aromatic rings. The highest BCUT2D eigenvalue weighted by Gasteiger charge is 2.26. The highest BCUT2D eigenvalue weighted by molar-refractivity contribution is 5.51. The van der Waals surface area contributed by atoms with Crippen LogP contribution in [0.15, 0.2) is 37.2 Å². The molecule has 3 heterocycles. The Bertz CT molecular complexity index is 711. The monoisotopic (exact) mass is 272 g/mol. The Labute approximate surface area is 119 Å². The number of rotatable bonds is 0. The second-order valence-electron chi connectivity index (χ2n) is 7.52. The normalized spacial score (nSPS) is 13.5. The fourth-order valence-corrected chi connectivity index (χ4v) is 2.34. The summed E-state index contributed by atoms with van der Waals surface area (Å²) in [5.41, 5.74) is 2.57. The molecule has 106 valence electrons. The average molecular weight is 272 g/mol. The van der Waals surface area contributed by atoms with Gasteiger partial charge in [-0.3, -0.25) is 0 Å². The van der Waals surface area contributed by atoms with Gasteiger partial charge in [-0.2, -0.15) is 0 Å². The van der Waals surface area contributed by atoms with Gasteiger partial charge in [0.25, 0.3) is 12.7 Å². The largest absolute Gasteiger partial charge is 0.287 e. The van der Waals surface area contributed by atoms with Gasteiger partial charge in [0.2, 0.25) is 11.0 Å². The third-order valence-corrected chi connectivity index (χ3v) is 3.75. The van der Waals surface area contributed by atoms with Crippen molar-refractivity contribution in [2.45, 2.75) is 52.6 Å². The first-order valence-corrected chi connectivity index (χ1v) is 7.13. The number of hydrogen-bond acceptors (Lipinski definition) is 0. The molecule has 4 nitrogen and oxygen atoms in total. The summed E-state index contributed by atoms with van der Waals surface area (Å²) < 4.78 is 8.90. The maximum atomic E-state index is 2.25. The van der Waals surface area contributed by atoms with Gasteiger partial charge in [-0.1, -0.05) is 0 Å². The number of hydrogen-bond donors (Lipinski definition) is 0. The van der Waals surface area contributed by atoms with Crippen molar-refractivity contribution in [1.29, 1.82) is 0 Å².